The summed E-state index contributed by atoms with van der Waals surface area (Å²) in [6.45, 7) is 2.23. The molecule has 0 aliphatic carbocycles. The molecule has 76 valence electrons. The van der Waals surface area contributed by atoms with Crippen LogP contribution in [0.2, 0.25) is 5.02 Å². The van der Waals surface area contributed by atoms with E-state index >= 15 is 0 Å². The zero-order chi connectivity index (χ0) is 9.97. The molecule has 1 atom stereocenters. The zero-order valence-corrected chi connectivity index (χ0v) is 9.09. The highest BCUT2D eigenvalue weighted by atomic mass is 35.5. The Labute approximate surface area is 89.9 Å². The molecule has 1 aromatic rings. The molecule has 0 saturated carbocycles. The Morgan fingerprint density at radius 1 is 1.36 bits per heavy atom. The summed E-state index contributed by atoms with van der Waals surface area (Å²) >= 11 is 5.84. The van der Waals surface area contributed by atoms with Gasteiger partial charge in [-0.05, 0) is 37.7 Å². The van der Waals surface area contributed by atoms with Crippen molar-refractivity contribution in [1.29, 1.82) is 0 Å². The molecule has 1 aliphatic heterocycles. The molecule has 2 nitrogen and oxygen atoms in total. The van der Waals surface area contributed by atoms with Crippen molar-refractivity contribution in [3.05, 3.63) is 29.3 Å². The summed E-state index contributed by atoms with van der Waals surface area (Å²) in [6, 6.07) is 8.69. The van der Waals surface area contributed by atoms with E-state index in [9.17, 15) is 0 Å². The van der Waals surface area contributed by atoms with Crippen LogP contribution in [0.4, 0.5) is 5.69 Å². The lowest BCUT2D eigenvalue weighted by molar-refractivity contribution is 0.617. The predicted molar refractivity (Wildman–Crippen MR) is 61.1 cm³/mol. The molecule has 0 radical (unpaired) electrons. The Hall–Kier alpha value is -0.730. The van der Waals surface area contributed by atoms with Crippen LogP contribution in [0.3, 0.4) is 0 Å². The molecule has 2 rings (SSSR count). The van der Waals surface area contributed by atoms with Gasteiger partial charge in [0.05, 0.1) is 0 Å². The van der Waals surface area contributed by atoms with Gasteiger partial charge in [0.2, 0.25) is 0 Å². The summed E-state index contributed by atoms with van der Waals surface area (Å²) in [5.41, 5.74) is 1.27. The number of nitrogens with one attached hydrogen (secondary N) is 1. The summed E-state index contributed by atoms with van der Waals surface area (Å²) in [5.74, 6) is 0. The van der Waals surface area contributed by atoms with Gasteiger partial charge in [0.15, 0.2) is 0 Å². The summed E-state index contributed by atoms with van der Waals surface area (Å²) in [4.78, 5) is 2.39. The van der Waals surface area contributed by atoms with Gasteiger partial charge in [-0.1, -0.05) is 11.6 Å². The Morgan fingerprint density at radius 3 is 2.64 bits per heavy atom. The highest BCUT2D eigenvalue weighted by Crippen LogP contribution is 2.21. The number of anilines is 1. The first-order chi connectivity index (χ1) is 6.79. The molecule has 1 N–H and O–H groups in total. The van der Waals surface area contributed by atoms with Gasteiger partial charge in [0.25, 0.3) is 0 Å². The zero-order valence-electron chi connectivity index (χ0n) is 8.33. The van der Waals surface area contributed by atoms with Gasteiger partial charge in [-0.3, -0.25) is 0 Å². The second kappa shape index (κ2) is 4.20. The van der Waals surface area contributed by atoms with Crippen LogP contribution in [0.5, 0.6) is 0 Å². The highest BCUT2D eigenvalue weighted by Gasteiger charge is 2.20. The van der Waals surface area contributed by atoms with Crippen molar-refractivity contribution < 1.29 is 0 Å². The molecule has 1 unspecified atom stereocenters. The maximum Gasteiger partial charge on any atom is 0.0407 e. The molecule has 1 aromatic carbocycles. The number of halogens is 1. The van der Waals surface area contributed by atoms with Crippen molar-refractivity contribution in [3.8, 4) is 0 Å². The van der Waals surface area contributed by atoms with E-state index in [1.807, 2.05) is 19.2 Å². The molecule has 1 saturated heterocycles. The topological polar surface area (TPSA) is 15.3 Å². The van der Waals surface area contributed by atoms with E-state index in [0.717, 1.165) is 18.1 Å². The Morgan fingerprint density at radius 2 is 2.07 bits per heavy atom. The Bertz CT molecular complexity index is 297. The van der Waals surface area contributed by atoms with Crippen LogP contribution < -0.4 is 10.2 Å². The van der Waals surface area contributed by atoms with Crippen LogP contribution in [0, 0.1) is 0 Å². The summed E-state index contributed by atoms with van der Waals surface area (Å²) in [6.07, 6.45) is 1.22. The molecule has 3 heteroatoms. The largest absolute Gasteiger partial charge is 0.370 e. The van der Waals surface area contributed by atoms with Gasteiger partial charge >= 0.3 is 0 Å². The van der Waals surface area contributed by atoms with Crippen molar-refractivity contribution in [3.63, 3.8) is 0 Å². The van der Waals surface area contributed by atoms with E-state index in [0.29, 0.717) is 6.04 Å². The Balaban J connectivity index is 2.06. The van der Waals surface area contributed by atoms with Crippen molar-refractivity contribution in [1.82, 2.24) is 5.32 Å². The number of nitrogens with zero attached hydrogens (tertiary/aromatic N) is 1. The van der Waals surface area contributed by atoms with Crippen LogP contribution in [0.15, 0.2) is 24.3 Å². The second-order valence-electron chi connectivity index (χ2n) is 3.70. The third-order valence-corrected chi connectivity index (χ3v) is 3.04. The fraction of sp³-hybridized carbons (Fsp3) is 0.455. The number of hydrogen-bond acceptors (Lipinski definition) is 2. The van der Waals surface area contributed by atoms with E-state index in [2.05, 4.69) is 22.3 Å². The lowest BCUT2D eigenvalue weighted by Crippen LogP contribution is -2.29. The SMILES string of the molecule is CNC1CCN(c2ccc(Cl)cc2)C1. The first-order valence-electron chi connectivity index (χ1n) is 4.97. The molecule has 14 heavy (non-hydrogen) atoms. The molecule has 0 spiro atoms. The van der Waals surface area contributed by atoms with Crippen LogP contribution >= 0.6 is 11.6 Å². The lowest BCUT2D eigenvalue weighted by Gasteiger charge is -2.18. The van der Waals surface area contributed by atoms with Crippen LogP contribution in [-0.2, 0) is 0 Å². The summed E-state index contributed by atoms with van der Waals surface area (Å²) < 4.78 is 0. The number of rotatable bonds is 2. The third kappa shape index (κ3) is 2.02. The number of benzene rings is 1. The van der Waals surface area contributed by atoms with Crippen molar-refractivity contribution in [2.45, 2.75) is 12.5 Å². The van der Waals surface area contributed by atoms with Crippen molar-refractivity contribution >= 4 is 17.3 Å². The molecule has 0 aromatic heterocycles. The van der Waals surface area contributed by atoms with Gasteiger partial charge in [0.1, 0.15) is 0 Å². The minimum Gasteiger partial charge on any atom is -0.370 e. The van der Waals surface area contributed by atoms with Gasteiger partial charge in [-0.15, -0.1) is 0 Å². The summed E-state index contributed by atoms with van der Waals surface area (Å²) in [7, 11) is 2.02. The normalized spacial score (nSPS) is 21.6. The Kier molecular flexibility index (Phi) is 2.94. The van der Waals surface area contributed by atoms with E-state index < -0.39 is 0 Å². The van der Waals surface area contributed by atoms with E-state index in [-0.39, 0.29) is 0 Å². The average molecular weight is 211 g/mol. The monoisotopic (exact) mass is 210 g/mol. The first kappa shape index (κ1) is 9.81. The van der Waals surface area contributed by atoms with Gasteiger partial charge in [-0.25, -0.2) is 0 Å². The average Bonchev–Trinajstić information content (AvgIpc) is 2.67. The molecule has 1 aliphatic rings. The third-order valence-electron chi connectivity index (χ3n) is 2.79. The molecule has 1 heterocycles. The molecular formula is C11H15ClN2. The molecule has 1 fully saturated rings. The smallest absolute Gasteiger partial charge is 0.0407 e. The van der Waals surface area contributed by atoms with Crippen LogP contribution in [0.25, 0.3) is 0 Å². The summed E-state index contributed by atoms with van der Waals surface area (Å²) in [5, 5.41) is 4.11. The highest BCUT2D eigenvalue weighted by molar-refractivity contribution is 6.30. The lowest BCUT2D eigenvalue weighted by atomic mass is 10.3. The van der Waals surface area contributed by atoms with Crippen LogP contribution in [0.1, 0.15) is 6.42 Å². The molecule has 0 amide bonds. The van der Waals surface area contributed by atoms with Crippen LogP contribution in [-0.4, -0.2) is 26.2 Å². The molecule has 0 bridgehead atoms. The van der Waals surface area contributed by atoms with Gasteiger partial charge in [-0.2, -0.15) is 0 Å². The fourth-order valence-corrected chi connectivity index (χ4v) is 2.01. The van der Waals surface area contributed by atoms with Gasteiger partial charge < -0.3 is 10.2 Å². The molecular weight excluding hydrogens is 196 g/mol. The minimum absolute atomic E-state index is 0.630. The maximum atomic E-state index is 5.84. The van der Waals surface area contributed by atoms with Crippen molar-refractivity contribution in [2.75, 3.05) is 25.0 Å². The van der Waals surface area contributed by atoms with E-state index in [1.54, 1.807) is 0 Å². The minimum atomic E-state index is 0.630. The predicted octanol–water partition coefficient (Wildman–Crippen LogP) is 2.14. The quantitative estimate of drug-likeness (QED) is 0.805. The van der Waals surface area contributed by atoms with Gasteiger partial charge in [0, 0.05) is 29.8 Å². The standard InChI is InChI=1S/C11H15ClN2/c1-13-10-6-7-14(8-10)11-4-2-9(12)3-5-11/h2-5,10,13H,6-8H2,1H3. The second-order valence-corrected chi connectivity index (χ2v) is 4.13. The fourth-order valence-electron chi connectivity index (χ4n) is 1.88. The number of likely N-dealkylation sites (N-methyl/N-ethyl adjacent to an activating group) is 1. The number of hydrogen-bond donors (Lipinski definition) is 1. The van der Waals surface area contributed by atoms with E-state index in [1.165, 1.54) is 12.1 Å². The maximum absolute atomic E-state index is 5.84. The first-order valence-corrected chi connectivity index (χ1v) is 5.35. The van der Waals surface area contributed by atoms with Crippen molar-refractivity contribution in [2.24, 2.45) is 0 Å². The van der Waals surface area contributed by atoms with E-state index in [4.69, 9.17) is 11.6 Å².